The van der Waals surface area contributed by atoms with Gasteiger partial charge in [0.25, 0.3) is 0 Å². The number of hydrogen-bond donors (Lipinski definition) is 1. The third-order valence-electron chi connectivity index (χ3n) is 4.07. The fourth-order valence-electron chi connectivity index (χ4n) is 2.80. The molecule has 17 heavy (non-hydrogen) atoms. The highest BCUT2D eigenvalue weighted by atomic mass is 15.1. The summed E-state index contributed by atoms with van der Waals surface area (Å²) < 4.78 is 0. The highest BCUT2D eigenvalue weighted by Crippen LogP contribution is 2.46. The fraction of sp³-hybridized carbons (Fsp3) is 0.600. The molecule has 1 unspecified atom stereocenters. The first-order valence-corrected chi connectivity index (χ1v) is 6.38. The molecule has 0 heterocycles. The summed E-state index contributed by atoms with van der Waals surface area (Å²) in [5.74, 6) is 0. The van der Waals surface area contributed by atoms with E-state index in [-0.39, 0.29) is 5.54 Å². The molecule has 94 valence electrons. The number of aryl methyl sites for hydroxylation is 3. The maximum Gasteiger partial charge on any atom is 0.0525 e. The van der Waals surface area contributed by atoms with E-state index in [1.165, 1.54) is 22.3 Å². The highest BCUT2D eigenvalue weighted by Gasteiger charge is 2.47. The minimum Gasteiger partial charge on any atom is -0.323 e. The molecule has 1 saturated carbocycles. The van der Waals surface area contributed by atoms with E-state index >= 15 is 0 Å². The van der Waals surface area contributed by atoms with E-state index in [1.54, 1.807) is 0 Å². The summed E-state index contributed by atoms with van der Waals surface area (Å²) in [6.45, 7) is 6.55. The summed E-state index contributed by atoms with van der Waals surface area (Å²) >= 11 is 0. The van der Waals surface area contributed by atoms with Crippen molar-refractivity contribution in [2.45, 2.75) is 45.2 Å². The van der Waals surface area contributed by atoms with Crippen LogP contribution in [0, 0.1) is 20.8 Å². The van der Waals surface area contributed by atoms with Crippen LogP contribution in [0.3, 0.4) is 0 Å². The molecule has 1 aliphatic rings. The lowest BCUT2D eigenvalue weighted by Gasteiger charge is -2.32. The second kappa shape index (κ2) is 4.11. The molecular weight excluding hydrogens is 208 g/mol. The molecular formula is C15H24N2. The first-order valence-electron chi connectivity index (χ1n) is 6.38. The van der Waals surface area contributed by atoms with E-state index in [9.17, 15) is 0 Å². The van der Waals surface area contributed by atoms with Crippen LogP contribution >= 0.6 is 0 Å². The number of likely N-dealkylation sites (N-methyl/N-ethyl adjacent to an activating group) is 1. The van der Waals surface area contributed by atoms with Gasteiger partial charge in [0.05, 0.1) is 6.04 Å². The molecule has 2 rings (SSSR count). The summed E-state index contributed by atoms with van der Waals surface area (Å²) in [5.41, 5.74) is 11.9. The lowest BCUT2D eigenvalue weighted by molar-refractivity contribution is 0.245. The summed E-state index contributed by atoms with van der Waals surface area (Å²) in [5, 5.41) is 0. The molecule has 1 aliphatic carbocycles. The highest BCUT2D eigenvalue weighted by molar-refractivity contribution is 5.40. The Bertz CT molecular complexity index is 431. The lowest BCUT2D eigenvalue weighted by Crippen LogP contribution is -2.39. The van der Waals surface area contributed by atoms with Crippen molar-refractivity contribution in [1.29, 1.82) is 0 Å². The van der Waals surface area contributed by atoms with E-state index < -0.39 is 0 Å². The zero-order valence-electron chi connectivity index (χ0n) is 11.7. The second-order valence-corrected chi connectivity index (χ2v) is 5.89. The van der Waals surface area contributed by atoms with Crippen LogP contribution in [0.2, 0.25) is 0 Å². The molecule has 0 amide bonds. The van der Waals surface area contributed by atoms with Gasteiger partial charge in [0.15, 0.2) is 0 Å². The summed E-state index contributed by atoms with van der Waals surface area (Å²) in [6.07, 6.45) is 2.28. The molecule has 1 aromatic carbocycles. The number of nitrogens with two attached hydrogens (primary N) is 1. The van der Waals surface area contributed by atoms with Crippen LogP contribution in [0.5, 0.6) is 0 Å². The molecule has 2 nitrogen and oxygen atoms in total. The van der Waals surface area contributed by atoms with Crippen molar-refractivity contribution in [1.82, 2.24) is 4.90 Å². The Morgan fingerprint density at radius 2 is 1.59 bits per heavy atom. The van der Waals surface area contributed by atoms with Gasteiger partial charge in [0, 0.05) is 5.54 Å². The van der Waals surface area contributed by atoms with Crippen molar-refractivity contribution in [3.05, 3.63) is 34.4 Å². The van der Waals surface area contributed by atoms with Crippen LogP contribution < -0.4 is 5.73 Å². The van der Waals surface area contributed by atoms with Crippen LogP contribution in [0.4, 0.5) is 0 Å². The lowest BCUT2D eigenvalue weighted by atomic mass is 9.90. The molecule has 0 saturated heterocycles. The van der Waals surface area contributed by atoms with Gasteiger partial charge in [0.2, 0.25) is 0 Å². The van der Waals surface area contributed by atoms with E-state index in [0.717, 1.165) is 12.8 Å². The second-order valence-electron chi connectivity index (χ2n) is 5.89. The molecule has 0 bridgehead atoms. The van der Waals surface area contributed by atoms with Gasteiger partial charge in [-0.2, -0.15) is 0 Å². The maximum atomic E-state index is 6.44. The molecule has 0 aliphatic heterocycles. The number of nitrogens with zero attached hydrogens (tertiary/aromatic N) is 1. The minimum absolute atomic E-state index is 0.00401. The summed E-state index contributed by atoms with van der Waals surface area (Å²) in [4.78, 5) is 2.27. The Kier molecular flexibility index (Phi) is 3.04. The van der Waals surface area contributed by atoms with Crippen LogP contribution in [0.1, 0.15) is 41.1 Å². The Morgan fingerprint density at radius 1 is 1.06 bits per heavy atom. The first kappa shape index (κ1) is 12.6. The molecule has 0 aromatic heterocycles. The van der Waals surface area contributed by atoms with Crippen molar-refractivity contribution in [2.75, 3.05) is 14.1 Å². The average Bonchev–Trinajstić information content (AvgIpc) is 2.93. The Morgan fingerprint density at radius 3 is 2.06 bits per heavy atom. The van der Waals surface area contributed by atoms with Crippen LogP contribution in [-0.4, -0.2) is 24.5 Å². The van der Waals surface area contributed by atoms with Gasteiger partial charge in [-0.05, 0) is 70.0 Å². The van der Waals surface area contributed by atoms with Gasteiger partial charge in [-0.15, -0.1) is 0 Å². The molecule has 1 aromatic rings. The quantitative estimate of drug-likeness (QED) is 0.868. The van der Waals surface area contributed by atoms with E-state index in [4.69, 9.17) is 5.73 Å². The van der Waals surface area contributed by atoms with E-state index in [2.05, 4.69) is 51.9 Å². The third kappa shape index (κ3) is 2.24. The Labute approximate surface area is 105 Å². The molecule has 1 fully saturated rings. The van der Waals surface area contributed by atoms with Crippen LogP contribution in [0.25, 0.3) is 0 Å². The molecule has 2 heteroatoms. The van der Waals surface area contributed by atoms with Crippen LogP contribution in [-0.2, 0) is 0 Å². The molecule has 0 spiro atoms. The Hall–Kier alpha value is -0.860. The van der Waals surface area contributed by atoms with E-state index in [0.29, 0.717) is 6.04 Å². The average molecular weight is 232 g/mol. The number of hydrogen-bond acceptors (Lipinski definition) is 2. The zero-order valence-corrected chi connectivity index (χ0v) is 11.7. The predicted molar refractivity (Wildman–Crippen MR) is 73.2 cm³/mol. The van der Waals surface area contributed by atoms with Crippen molar-refractivity contribution in [3.8, 4) is 0 Å². The van der Waals surface area contributed by atoms with Crippen molar-refractivity contribution >= 4 is 0 Å². The Balaban J connectivity index is 2.47. The fourth-order valence-corrected chi connectivity index (χ4v) is 2.80. The standard InChI is InChI=1S/C15H24N2/c1-10-8-12(3)13(9-11(10)2)14(17(4)5)15(16)6-7-15/h8-9,14H,6-7,16H2,1-5H3. The monoisotopic (exact) mass is 232 g/mol. The molecule has 2 N–H and O–H groups in total. The predicted octanol–water partition coefficient (Wildman–Crippen LogP) is 2.71. The van der Waals surface area contributed by atoms with Crippen molar-refractivity contribution < 1.29 is 0 Å². The van der Waals surface area contributed by atoms with Gasteiger partial charge in [-0.1, -0.05) is 12.1 Å². The number of rotatable bonds is 3. The normalized spacial score (nSPS) is 19.5. The summed E-state index contributed by atoms with van der Waals surface area (Å²) in [6, 6.07) is 4.96. The van der Waals surface area contributed by atoms with E-state index in [1.807, 2.05) is 0 Å². The van der Waals surface area contributed by atoms with Gasteiger partial charge < -0.3 is 10.6 Å². The zero-order chi connectivity index (χ0) is 12.8. The SMILES string of the molecule is Cc1cc(C)c(C(N(C)C)C2(N)CC2)cc1C. The number of benzene rings is 1. The maximum absolute atomic E-state index is 6.44. The topological polar surface area (TPSA) is 29.3 Å². The van der Waals surface area contributed by atoms with Gasteiger partial charge in [-0.3, -0.25) is 0 Å². The van der Waals surface area contributed by atoms with Gasteiger partial charge in [-0.25, -0.2) is 0 Å². The molecule has 0 radical (unpaired) electrons. The van der Waals surface area contributed by atoms with Crippen molar-refractivity contribution in [3.63, 3.8) is 0 Å². The van der Waals surface area contributed by atoms with Crippen LogP contribution in [0.15, 0.2) is 12.1 Å². The smallest absolute Gasteiger partial charge is 0.0525 e. The molecule has 1 atom stereocenters. The minimum atomic E-state index is -0.00401. The first-order chi connectivity index (χ1) is 7.85. The largest absolute Gasteiger partial charge is 0.323 e. The summed E-state index contributed by atoms with van der Waals surface area (Å²) in [7, 11) is 4.26. The van der Waals surface area contributed by atoms with Crippen molar-refractivity contribution in [2.24, 2.45) is 5.73 Å². The third-order valence-corrected chi connectivity index (χ3v) is 4.07. The van der Waals surface area contributed by atoms with Gasteiger partial charge in [0.1, 0.15) is 0 Å². The van der Waals surface area contributed by atoms with Gasteiger partial charge >= 0.3 is 0 Å².